The molecule has 0 aliphatic heterocycles. The van der Waals surface area contributed by atoms with E-state index >= 15 is 0 Å². The number of aromatic nitrogens is 2. The normalized spacial score (nSPS) is 15.2. The van der Waals surface area contributed by atoms with E-state index in [1.807, 2.05) is 50.6 Å². The van der Waals surface area contributed by atoms with Crippen LogP contribution in [0.5, 0.6) is 5.75 Å². The largest absolute Gasteiger partial charge is 0.598 e. The van der Waals surface area contributed by atoms with Gasteiger partial charge in [0.15, 0.2) is 5.65 Å². The predicted octanol–water partition coefficient (Wildman–Crippen LogP) is 3.22. The molecule has 0 aliphatic carbocycles. The molecule has 1 N–H and O–H groups in total. The molecule has 2 aromatic heterocycles. The second kappa shape index (κ2) is 6.16. The van der Waals surface area contributed by atoms with Crippen molar-refractivity contribution in [2.24, 2.45) is 0 Å². The fourth-order valence-corrected chi connectivity index (χ4v) is 3.08. The highest BCUT2D eigenvalue weighted by atomic mass is 79.9. The fraction of sp³-hybridized carbons (Fsp3) is 0.500. The number of nitrogens with one attached hydrogen (secondary N) is 1. The van der Waals surface area contributed by atoms with E-state index in [2.05, 4.69) is 25.6 Å². The summed E-state index contributed by atoms with van der Waals surface area (Å²) in [6, 6.07) is 1.76. The Hall–Kier alpha value is -0.760. The molecule has 0 aromatic carbocycles. The van der Waals surface area contributed by atoms with Crippen LogP contribution in [0.1, 0.15) is 39.4 Å². The van der Waals surface area contributed by atoms with Crippen LogP contribution in [0.25, 0.3) is 5.65 Å². The Morgan fingerprint density at radius 1 is 1.43 bits per heavy atom. The molecule has 21 heavy (non-hydrogen) atoms. The van der Waals surface area contributed by atoms with Gasteiger partial charge in [0, 0.05) is 17.6 Å². The van der Waals surface area contributed by atoms with Crippen LogP contribution < -0.4 is 9.46 Å². The van der Waals surface area contributed by atoms with E-state index in [9.17, 15) is 4.55 Å². The second-order valence-corrected chi connectivity index (χ2v) is 8.70. The van der Waals surface area contributed by atoms with Gasteiger partial charge in [-0.25, -0.2) is 4.98 Å². The van der Waals surface area contributed by atoms with Crippen molar-refractivity contribution in [2.45, 2.75) is 38.5 Å². The van der Waals surface area contributed by atoms with Gasteiger partial charge in [0.25, 0.3) is 0 Å². The lowest BCUT2D eigenvalue weighted by Gasteiger charge is -2.25. The molecule has 0 amide bonds. The highest BCUT2D eigenvalue weighted by Crippen LogP contribution is 2.26. The number of nitrogens with zero attached hydrogens (tertiary/aromatic N) is 2. The lowest BCUT2D eigenvalue weighted by molar-refractivity contribution is 0.412. The standard InChI is InChI=1S/C14H20BrN3O2S/c1-9(17-21(19)14(2,3)4)12-8-18-7-10(20-5)6-11(15)13(18)16-12/h6-9,17H,1-5H3. The van der Waals surface area contributed by atoms with Gasteiger partial charge in [-0.05, 0) is 49.7 Å². The first kappa shape index (κ1) is 16.6. The van der Waals surface area contributed by atoms with Crippen molar-refractivity contribution in [2.75, 3.05) is 7.11 Å². The Kier molecular flexibility index (Phi) is 4.87. The fourth-order valence-electron chi connectivity index (χ4n) is 1.77. The number of halogens is 1. The molecule has 0 saturated heterocycles. The third kappa shape index (κ3) is 3.71. The first-order chi connectivity index (χ1) is 9.72. The Bertz CT molecular complexity index is 639. The van der Waals surface area contributed by atoms with Crippen LogP contribution in [0.4, 0.5) is 0 Å². The van der Waals surface area contributed by atoms with Gasteiger partial charge in [-0.2, -0.15) is 0 Å². The molecule has 0 bridgehead atoms. The highest BCUT2D eigenvalue weighted by Gasteiger charge is 2.29. The molecule has 2 aromatic rings. The van der Waals surface area contributed by atoms with Crippen LogP contribution in [0.15, 0.2) is 22.9 Å². The number of imidazole rings is 1. The third-order valence-corrected chi connectivity index (χ3v) is 5.28. The summed E-state index contributed by atoms with van der Waals surface area (Å²) in [5, 5.41) is 0. The predicted molar refractivity (Wildman–Crippen MR) is 88.9 cm³/mol. The Balaban J connectivity index is 2.28. The number of pyridine rings is 1. The number of fused-ring (bicyclic) bond motifs is 1. The molecule has 5 nitrogen and oxygen atoms in total. The molecule has 0 fully saturated rings. The SMILES string of the molecule is COc1cc(Br)c2nc(C(C)N[S+]([O-])C(C)(C)C)cn2c1. The van der Waals surface area contributed by atoms with E-state index in [0.717, 1.165) is 21.6 Å². The topological polar surface area (TPSA) is 61.6 Å². The van der Waals surface area contributed by atoms with Gasteiger partial charge in [-0.1, -0.05) is 0 Å². The molecule has 116 valence electrons. The van der Waals surface area contributed by atoms with E-state index in [1.165, 1.54) is 0 Å². The molecule has 0 spiro atoms. The van der Waals surface area contributed by atoms with Crippen molar-refractivity contribution in [1.29, 1.82) is 0 Å². The maximum Gasteiger partial charge on any atom is 0.151 e. The smallest absolute Gasteiger partial charge is 0.151 e. The number of hydrogen-bond acceptors (Lipinski definition) is 4. The van der Waals surface area contributed by atoms with Crippen molar-refractivity contribution in [1.82, 2.24) is 14.1 Å². The van der Waals surface area contributed by atoms with Crippen molar-refractivity contribution >= 4 is 32.9 Å². The second-order valence-electron chi connectivity index (χ2n) is 5.85. The molecule has 2 unspecified atom stereocenters. The van der Waals surface area contributed by atoms with Crippen LogP contribution in [0.2, 0.25) is 0 Å². The van der Waals surface area contributed by atoms with Gasteiger partial charge in [0.2, 0.25) is 0 Å². The summed E-state index contributed by atoms with van der Waals surface area (Å²) in [7, 11) is 1.63. The van der Waals surface area contributed by atoms with Gasteiger partial charge < -0.3 is 13.7 Å². The van der Waals surface area contributed by atoms with Crippen molar-refractivity contribution < 1.29 is 9.29 Å². The van der Waals surface area contributed by atoms with Gasteiger partial charge in [0.05, 0.1) is 29.5 Å². The van der Waals surface area contributed by atoms with E-state index in [0.29, 0.717) is 0 Å². The minimum Gasteiger partial charge on any atom is -0.598 e. The average molecular weight is 374 g/mol. The first-order valence-corrected chi connectivity index (χ1v) is 8.57. The van der Waals surface area contributed by atoms with Gasteiger partial charge in [0.1, 0.15) is 10.5 Å². The van der Waals surface area contributed by atoms with Gasteiger partial charge in [-0.3, -0.25) is 0 Å². The van der Waals surface area contributed by atoms with Crippen LogP contribution in [0.3, 0.4) is 0 Å². The molecule has 0 aliphatic rings. The lowest BCUT2D eigenvalue weighted by Crippen LogP contribution is -2.40. The number of methoxy groups -OCH3 is 1. The minimum absolute atomic E-state index is 0.108. The Morgan fingerprint density at radius 2 is 2.10 bits per heavy atom. The summed E-state index contributed by atoms with van der Waals surface area (Å²) < 4.78 is 23.0. The highest BCUT2D eigenvalue weighted by molar-refractivity contribution is 9.10. The van der Waals surface area contributed by atoms with E-state index in [1.54, 1.807) is 7.11 Å². The molecule has 2 atom stereocenters. The molecule has 7 heteroatoms. The van der Waals surface area contributed by atoms with Crippen LogP contribution in [0, 0.1) is 0 Å². The summed E-state index contributed by atoms with van der Waals surface area (Å²) in [5.74, 6) is 0.747. The van der Waals surface area contributed by atoms with Crippen LogP contribution >= 0.6 is 15.9 Å². The minimum atomic E-state index is -1.14. The summed E-state index contributed by atoms with van der Waals surface area (Å²) in [6.45, 7) is 7.77. The summed E-state index contributed by atoms with van der Waals surface area (Å²) in [5.41, 5.74) is 1.64. The maximum absolute atomic E-state index is 12.2. The average Bonchev–Trinajstić information content (AvgIpc) is 2.81. The van der Waals surface area contributed by atoms with Crippen LogP contribution in [-0.2, 0) is 11.4 Å². The maximum atomic E-state index is 12.2. The Labute approximate surface area is 136 Å². The van der Waals surface area contributed by atoms with E-state index < -0.39 is 11.4 Å². The number of rotatable bonds is 4. The number of hydrogen-bond donors (Lipinski definition) is 1. The van der Waals surface area contributed by atoms with Gasteiger partial charge in [-0.15, -0.1) is 4.72 Å². The summed E-state index contributed by atoms with van der Waals surface area (Å²) in [6.07, 6.45) is 3.78. The molecular weight excluding hydrogens is 354 g/mol. The molecular formula is C14H20BrN3O2S. The van der Waals surface area contributed by atoms with E-state index in [-0.39, 0.29) is 10.8 Å². The third-order valence-electron chi connectivity index (χ3n) is 3.02. The van der Waals surface area contributed by atoms with Crippen molar-refractivity contribution in [3.63, 3.8) is 0 Å². The van der Waals surface area contributed by atoms with Crippen LogP contribution in [-0.4, -0.2) is 25.8 Å². The van der Waals surface area contributed by atoms with Crippen molar-refractivity contribution in [3.8, 4) is 5.75 Å². The van der Waals surface area contributed by atoms with Gasteiger partial charge >= 0.3 is 0 Å². The van der Waals surface area contributed by atoms with Crippen molar-refractivity contribution in [3.05, 3.63) is 28.6 Å². The zero-order valence-electron chi connectivity index (χ0n) is 12.8. The lowest BCUT2D eigenvalue weighted by atomic mass is 10.3. The summed E-state index contributed by atoms with van der Waals surface area (Å²) >= 11 is 2.35. The number of ether oxygens (including phenoxy) is 1. The Morgan fingerprint density at radius 3 is 2.67 bits per heavy atom. The molecule has 2 heterocycles. The zero-order valence-corrected chi connectivity index (χ0v) is 15.2. The monoisotopic (exact) mass is 373 g/mol. The summed E-state index contributed by atoms with van der Waals surface area (Å²) in [4.78, 5) is 4.59. The molecule has 0 radical (unpaired) electrons. The zero-order chi connectivity index (χ0) is 15.8. The molecule has 0 saturated carbocycles. The van der Waals surface area contributed by atoms with E-state index in [4.69, 9.17) is 4.74 Å². The molecule has 2 rings (SSSR count). The quantitative estimate of drug-likeness (QED) is 0.835. The first-order valence-electron chi connectivity index (χ1n) is 6.62.